The molecule has 2 fully saturated rings. The summed E-state index contributed by atoms with van der Waals surface area (Å²) in [7, 11) is 0. The van der Waals surface area contributed by atoms with Gasteiger partial charge in [-0.25, -0.2) is 0 Å². The fourth-order valence-electron chi connectivity index (χ4n) is 4.92. The van der Waals surface area contributed by atoms with Crippen molar-refractivity contribution < 1.29 is 5.11 Å². The molecule has 0 radical (unpaired) electrons. The summed E-state index contributed by atoms with van der Waals surface area (Å²) in [6, 6.07) is 21.3. The molecule has 0 spiro atoms. The first-order valence-corrected chi connectivity index (χ1v) is 9.73. The summed E-state index contributed by atoms with van der Waals surface area (Å²) in [5.41, 5.74) is 2.19. The number of hydrogen-bond acceptors (Lipinski definition) is 2. The Labute approximate surface area is 163 Å². The SMILES string of the molecule is Cl.OC1(Cc2ccccc2)CC[C@H]2CN(Cc3ccccc3)CC[C@H]2C1. The number of piperidine rings is 1. The number of hydrogen-bond donors (Lipinski definition) is 1. The minimum absolute atomic E-state index is 0. The third-order valence-corrected chi connectivity index (χ3v) is 6.22. The second kappa shape index (κ2) is 8.56. The van der Waals surface area contributed by atoms with Gasteiger partial charge in [-0.3, -0.25) is 4.90 Å². The van der Waals surface area contributed by atoms with E-state index in [2.05, 4.69) is 59.5 Å². The number of fused-ring (bicyclic) bond motifs is 1. The summed E-state index contributed by atoms with van der Waals surface area (Å²) in [4.78, 5) is 2.61. The topological polar surface area (TPSA) is 23.5 Å². The van der Waals surface area contributed by atoms with Crippen LogP contribution in [-0.2, 0) is 13.0 Å². The molecule has 2 aromatic rings. The molecule has 1 aliphatic carbocycles. The summed E-state index contributed by atoms with van der Waals surface area (Å²) in [6.45, 7) is 3.43. The van der Waals surface area contributed by atoms with Gasteiger partial charge in [0.25, 0.3) is 0 Å². The Morgan fingerprint density at radius 3 is 2.23 bits per heavy atom. The van der Waals surface area contributed by atoms with Gasteiger partial charge in [-0.2, -0.15) is 0 Å². The number of aliphatic hydroxyl groups is 1. The number of rotatable bonds is 4. The Hall–Kier alpha value is -1.35. The van der Waals surface area contributed by atoms with Crippen molar-refractivity contribution in [3.8, 4) is 0 Å². The second-order valence-corrected chi connectivity index (χ2v) is 8.16. The molecule has 1 saturated heterocycles. The van der Waals surface area contributed by atoms with Gasteiger partial charge in [0.05, 0.1) is 5.60 Å². The summed E-state index contributed by atoms with van der Waals surface area (Å²) in [5, 5.41) is 11.2. The first kappa shape index (κ1) is 19.4. The van der Waals surface area contributed by atoms with Crippen LogP contribution in [0.3, 0.4) is 0 Å². The number of likely N-dealkylation sites (tertiary alicyclic amines) is 1. The Morgan fingerprint density at radius 1 is 0.885 bits per heavy atom. The average Bonchev–Trinajstić information content (AvgIpc) is 2.63. The highest BCUT2D eigenvalue weighted by atomic mass is 35.5. The molecule has 26 heavy (non-hydrogen) atoms. The molecular formula is C23H30ClNO. The Morgan fingerprint density at radius 2 is 1.54 bits per heavy atom. The van der Waals surface area contributed by atoms with E-state index < -0.39 is 5.60 Å². The lowest BCUT2D eigenvalue weighted by Gasteiger charge is -2.47. The van der Waals surface area contributed by atoms with Gasteiger partial charge in [-0.15, -0.1) is 12.4 Å². The van der Waals surface area contributed by atoms with Crippen LogP contribution in [0, 0.1) is 11.8 Å². The molecular weight excluding hydrogens is 342 g/mol. The lowest BCUT2D eigenvalue weighted by Crippen LogP contribution is -2.48. The van der Waals surface area contributed by atoms with E-state index in [0.717, 1.165) is 38.3 Å². The van der Waals surface area contributed by atoms with Crippen LogP contribution in [0.1, 0.15) is 36.8 Å². The first-order chi connectivity index (χ1) is 12.2. The van der Waals surface area contributed by atoms with Crippen molar-refractivity contribution in [1.82, 2.24) is 4.90 Å². The molecule has 1 heterocycles. The molecule has 2 aliphatic rings. The van der Waals surface area contributed by atoms with Gasteiger partial charge in [-0.05, 0) is 55.2 Å². The lowest BCUT2D eigenvalue weighted by atomic mass is 9.67. The zero-order valence-electron chi connectivity index (χ0n) is 15.4. The van der Waals surface area contributed by atoms with E-state index in [1.807, 2.05) is 6.07 Å². The molecule has 0 aromatic heterocycles. The lowest BCUT2D eigenvalue weighted by molar-refractivity contribution is -0.0564. The first-order valence-electron chi connectivity index (χ1n) is 9.73. The minimum Gasteiger partial charge on any atom is -0.390 e. The van der Waals surface area contributed by atoms with Crippen LogP contribution in [0.15, 0.2) is 60.7 Å². The van der Waals surface area contributed by atoms with E-state index in [4.69, 9.17) is 0 Å². The smallest absolute Gasteiger partial charge is 0.0690 e. The number of halogens is 1. The van der Waals surface area contributed by atoms with Gasteiger partial charge in [0.2, 0.25) is 0 Å². The fraction of sp³-hybridized carbons (Fsp3) is 0.478. The maximum atomic E-state index is 11.2. The maximum Gasteiger partial charge on any atom is 0.0690 e. The molecule has 3 atom stereocenters. The molecule has 1 unspecified atom stereocenters. The van der Waals surface area contributed by atoms with E-state index in [9.17, 15) is 5.11 Å². The fourth-order valence-corrected chi connectivity index (χ4v) is 4.92. The van der Waals surface area contributed by atoms with E-state index in [-0.39, 0.29) is 12.4 Å². The van der Waals surface area contributed by atoms with Gasteiger partial charge < -0.3 is 5.11 Å². The zero-order chi connectivity index (χ0) is 17.1. The van der Waals surface area contributed by atoms with E-state index in [0.29, 0.717) is 5.92 Å². The van der Waals surface area contributed by atoms with Crippen molar-refractivity contribution in [2.75, 3.05) is 13.1 Å². The average molecular weight is 372 g/mol. The Kier molecular flexibility index (Phi) is 6.39. The minimum atomic E-state index is -0.496. The normalized spacial score (nSPS) is 28.8. The molecule has 1 aliphatic heterocycles. The van der Waals surface area contributed by atoms with Crippen LogP contribution in [0.5, 0.6) is 0 Å². The van der Waals surface area contributed by atoms with Gasteiger partial charge >= 0.3 is 0 Å². The highest BCUT2D eigenvalue weighted by molar-refractivity contribution is 5.85. The predicted molar refractivity (Wildman–Crippen MR) is 110 cm³/mol. The van der Waals surface area contributed by atoms with E-state index >= 15 is 0 Å². The van der Waals surface area contributed by atoms with Crippen molar-refractivity contribution in [2.45, 2.75) is 44.2 Å². The van der Waals surface area contributed by atoms with Crippen LogP contribution >= 0.6 is 12.4 Å². The van der Waals surface area contributed by atoms with Gasteiger partial charge in [0.1, 0.15) is 0 Å². The predicted octanol–water partition coefficient (Wildman–Crippen LogP) is 4.70. The van der Waals surface area contributed by atoms with Gasteiger partial charge in [0.15, 0.2) is 0 Å². The van der Waals surface area contributed by atoms with E-state index in [1.54, 1.807) is 0 Å². The van der Waals surface area contributed by atoms with Crippen molar-refractivity contribution in [1.29, 1.82) is 0 Å². The highest BCUT2D eigenvalue weighted by Crippen LogP contribution is 2.42. The Bertz CT molecular complexity index is 677. The summed E-state index contributed by atoms with van der Waals surface area (Å²) in [6.07, 6.45) is 5.13. The Balaban J connectivity index is 0.00000196. The van der Waals surface area contributed by atoms with Gasteiger partial charge in [-0.1, -0.05) is 60.7 Å². The van der Waals surface area contributed by atoms with Crippen LogP contribution in [0.25, 0.3) is 0 Å². The summed E-state index contributed by atoms with van der Waals surface area (Å²) >= 11 is 0. The number of benzene rings is 2. The molecule has 0 bridgehead atoms. The van der Waals surface area contributed by atoms with Crippen molar-refractivity contribution in [2.24, 2.45) is 11.8 Å². The highest BCUT2D eigenvalue weighted by Gasteiger charge is 2.41. The standard InChI is InChI=1S/C23H29NO.ClH/c25-23(15-19-7-3-1-4-8-19)13-11-22-18-24(14-12-21(22)16-23)17-20-9-5-2-6-10-20;/h1-10,21-22,25H,11-18H2;1H/t21-,22-,23?;/m0./s1. The van der Waals surface area contributed by atoms with Crippen molar-refractivity contribution in [3.05, 3.63) is 71.8 Å². The molecule has 3 heteroatoms. The summed E-state index contributed by atoms with van der Waals surface area (Å²) < 4.78 is 0. The molecule has 2 nitrogen and oxygen atoms in total. The zero-order valence-corrected chi connectivity index (χ0v) is 16.2. The van der Waals surface area contributed by atoms with Crippen molar-refractivity contribution >= 4 is 12.4 Å². The van der Waals surface area contributed by atoms with Crippen LogP contribution in [0.4, 0.5) is 0 Å². The molecule has 1 N–H and O–H groups in total. The number of nitrogens with zero attached hydrogens (tertiary/aromatic N) is 1. The second-order valence-electron chi connectivity index (χ2n) is 8.16. The monoisotopic (exact) mass is 371 g/mol. The third kappa shape index (κ3) is 4.68. The van der Waals surface area contributed by atoms with Crippen LogP contribution < -0.4 is 0 Å². The maximum absolute atomic E-state index is 11.2. The summed E-state index contributed by atoms with van der Waals surface area (Å²) in [5.74, 6) is 1.45. The molecule has 4 rings (SSSR count). The molecule has 2 aromatic carbocycles. The third-order valence-electron chi connectivity index (χ3n) is 6.22. The van der Waals surface area contributed by atoms with Crippen LogP contribution in [-0.4, -0.2) is 28.7 Å². The molecule has 140 valence electrons. The van der Waals surface area contributed by atoms with Crippen molar-refractivity contribution in [3.63, 3.8) is 0 Å². The van der Waals surface area contributed by atoms with E-state index in [1.165, 1.54) is 30.5 Å². The quantitative estimate of drug-likeness (QED) is 0.841. The van der Waals surface area contributed by atoms with Gasteiger partial charge in [0, 0.05) is 19.5 Å². The van der Waals surface area contributed by atoms with Crippen LogP contribution in [0.2, 0.25) is 0 Å². The molecule has 1 saturated carbocycles. The molecule has 0 amide bonds. The largest absolute Gasteiger partial charge is 0.390 e.